The van der Waals surface area contributed by atoms with Crippen LogP contribution in [0.1, 0.15) is 87.5 Å². The molecule has 32 heavy (non-hydrogen) atoms. The summed E-state index contributed by atoms with van der Waals surface area (Å²) in [6, 6.07) is 11.3. The van der Waals surface area contributed by atoms with Crippen molar-refractivity contribution in [2.24, 2.45) is 0 Å². The number of benzene rings is 2. The van der Waals surface area contributed by atoms with E-state index in [4.69, 9.17) is 4.74 Å². The summed E-state index contributed by atoms with van der Waals surface area (Å²) in [4.78, 5) is 17.5. The molecule has 0 spiro atoms. The van der Waals surface area contributed by atoms with E-state index in [0.29, 0.717) is 11.4 Å². The zero-order valence-electron chi connectivity index (χ0n) is 20.3. The van der Waals surface area contributed by atoms with Gasteiger partial charge < -0.3 is 4.74 Å². The van der Waals surface area contributed by atoms with E-state index in [2.05, 4.69) is 44.8 Å². The molecule has 0 atom stereocenters. The normalized spacial score (nSPS) is 12.0. The number of ether oxygens (including phenoxy) is 1. The topological polar surface area (TPSA) is 44.1 Å². The first-order valence-corrected chi connectivity index (χ1v) is 11.1. The third kappa shape index (κ3) is 4.93. The molecule has 0 aliphatic rings. The second-order valence-electron chi connectivity index (χ2n) is 9.90. The Labute approximate surface area is 190 Å². The second-order valence-corrected chi connectivity index (χ2v) is 9.90. The minimum Gasteiger partial charge on any atom is -0.455 e. The molecule has 0 amide bonds. The SMILES string of the molecule is Cc1ccc(-c2nc(C(=O)OC(C)(C)C)cn2-c2c(C(C)C)cccc2C(C)C)c(F)c1. The molecule has 0 N–H and O–H groups in total. The lowest BCUT2D eigenvalue weighted by Crippen LogP contribution is -2.24. The highest BCUT2D eigenvalue weighted by Crippen LogP contribution is 2.35. The Morgan fingerprint density at radius 1 is 1.03 bits per heavy atom. The Kier molecular flexibility index (Phi) is 6.59. The van der Waals surface area contributed by atoms with Gasteiger partial charge in [0.05, 0.1) is 11.3 Å². The van der Waals surface area contributed by atoms with Gasteiger partial charge in [-0.25, -0.2) is 14.2 Å². The lowest BCUT2D eigenvalue weighted by atomic mass is 9.92. The van der Waals surface area contributed by atoms with Crippen molar-refractivity contribution in [2.75, 3.05) is 0 Å². The van der Waals surface area contributed by atoms with Crippen LogP contribution >= 0.6 is 0 Å². The predicted octanol–water partition coefficient (Wildman–Crippen LogP) is 7.19. The van der Waals surface area contributed by atoms with Gasteiger partial charge in [0.2, 0.25) is 0 Å². The Bertz CT molecular complexity index is 1110. The van der Waals surface area contributed by atoms with Crippen LogP contribution in [0.25, 0.3) is 17.1 Å². The summed E-state index contributed by atoms with van der Waals surface area (Å²) in [5.41, 5.74) is 3.82. The summed E-state index contributed by atoms with van der Waals surface area (Å²) < 4.78 is 22.5. The van der Waals surface area contributed by atoms with Crippen LogP contribution in [0.3, 0.4) is 0 Å². The number of rotatable bonds is 5. The summed E-state index contributed by atoms with van der Waals surface area (Å²) in [7, 11) is 0. The van der Waals surface area contributed by atoms with Crippen LogP contribution in [0.5, 0.6) is 0 Å². The largest absolute Gasteiger partial charge is 0.455 e. The van der Waals surface area contributed by atoms with E-state index < -0.39 is 11.6 Å². The van der Waals surface area contributed by atoms with Crippen LogP contribution in [0.15, 0.2) is 42.6 Å². The van der Waals surface area contributed by atoms with Crippen LogP contribution in [0.4, 0.5) is 4.39 Å². The average molecular weight is 437 g/mol. The Morgan fingerprint density at radius 2 is 1.62 bits per heavy atom. The maximum absolute atomic E-state index is 15.1. The number of hydrogen-bond donors (Lipinski definition) is 0. The van der Waals surface area contributed by atoms with Crippen LogP contribution < -0.4 is 0 Å². The summed E-state index contributed by atoms with van der Waals surface area (Å²) in [5, 5.41) is 0. The number of carbonyl (C=O) groups excluding carboxylic acids is 1. The van der Waals surface area contributed by atoms with Gasteiger partial charge in [0, 0.05) is 6.20 Å². The molecule has 4 nitrogen and oxygen atoms in total. The van der Waals surface area contributed by atoms with Gasteiger partial charge in [0.15, 0.2) is 5.69 Å². The van der Waals surface area contributed by atoms with E-state index in [1.165, 1.54) is 6.07 Å². The minimum atomic E-state index is -0.658. The summed E-state index contributed by atoms with van der Waals surface area (Å²) in [6.45, 7) is 15.8. The first kappa shape index (κ1) is 23.7. The number of para-hydroxylation sites is 1. The van der Waals surface area contributed by atoms with Gasteiger partial charge in [-0.1, -0.05) is 52.0 Å². The molecular formula is C27H33FN2O2. The smallest absolute Gasteiger partial charge is 0.359 e. The third-order valence-corrected chi connectivity index (χ3v) is 5.26. The quantitative estimate of drug-likeness (QED) is 0.398. The van der Waals surface area contributed by atoms with Crippen LogP contribution in [-0.2, 0) is 4.74 Å². The van der Waals surface area contributed by atoms with E-state index in [1.54, 1.807) is 12.3 Å². The Hall–Kier alpha value is -2.95. The van der Waals surface area contributed by atoms with Crippen molar-refractivity contribution in [3.05, 3.63) is 70.8 Å². The van der Waals surface area contributed by atoms with Crippen LogP contribution in [0.2, 0.25) is 0 Å². The molecule has 1 aromatic heterocycles. The van der Waals surface area contributed by atoms with Crippen molar-refractivity contribution in [1.29, 1.82) is 0 Å². The predicted molar refractivity (Wildman–Crippen MR) is 127 cm³/mol. The molecule has 0 aliphatic heterocycles. The van der Waals surface area contributed by atoms with Crippen LogP contribution in [-0.4, -0.2) is 21.1 Å². The third-order valence-electron chi connectivity index (χ3n) is 5.26. The van der Waals surface area contributed by atoms with Gasteiger partial charge in [-0.15, -0.1) is 0 Å². The molecule has 0 saturated heterocycles. The van der Waals surface area contributed by atoms with Crippen LogP contribution in [0, 0.1) is 12.7 Å². The lowest BCUT2D eigenvalue weighted by molar-refractivity contribution is 0.00634. The van der Waals surface area contributed by atoms with Gasteiger partial charge in [-0.05, 0) is 68.4 Å². The number of imidazole rings is 1. The maximum atomic E-state index is 15.1. The van der Waals surface area contributed by atoms with Crippen molar-refractivity contribution < 1.29 is 13.9 Å². The highest BCUT2D eigenvalue weighted by atomic mass is 19.1. The number of aromatic nitrogens is 2. The van der Waals surface area contributed by atoms with Crippen molar-refractivity contribution >= 4 is 5.97 Å². The fraction of sp³-hybridized carbons (Fsp3) is 0.407. The number of aryl methyl sites for hydroxylation is 1. The van der Waals surface area contributed by atoms with Gasteiger partial charge in [-0.3, -0.25) is 4.57 Å². The molecule has 2 aromatic carbocycles. The van der Waals surface area contributed by atoms with Crippen molar-refractivity contribution in [3.8, 4) is 17.1 Å². The molecule has 3 rings (SSSR count). The molecule has 170 valence electrons. The van der Waals surface area contributed by atoms with E-state index in [9.17, 15) is 4.79 Å². The van der Waals surface area contributed by atoms with Gasteiger partial charge in [-0.2, -0.15) is 0 Å². The molecule has 0 saturated carbocycles. The van der Waals surface area contributed by atoms with Crippen molar-refractivity contribution in [2.45, 2.75) is 72.8 Å². The standard InChI is InChI=1S/C27H33FN2O2/c1-16(2)19-10-9-11-20(17(3)4)24(19)30-15-23(26(31)32-27(6,7)8)29-25(30)21-13-12-18(5)14-22(21)28/h9-17H,1-8H3. The van der Waals surface area contributed by atoms with E-state index in [-0.39, 0.29) is 23.3 Å². The molecular weight excluding hydrogens is 403 g/mol. The molecule has 1 heterocycles. The molecule has 5 heteroatoms. The molecule has 3 aromatic rings. The number of carbonyl (C=O) groups is 1. The fourth-order valence-corrected chi connectivity index (χ4v) is 3.76. The van der Waals surface area contributed by atoms with E-state index in [1.807, 2.05) is 44.4 Å². The minimum absolute atomic E-state index is 0.156. The number of nitrogens with zero attached hydrogens (tertiary/aromatic N) is 2. The van der Waals surface area contributed by atoms with E-state index in [0.717, 1.165) is 22.4 Å². The molecule has 0 unspecified atom stereocenters. The number of hydrogen-bond acceptors (Lipinski definition) is 3. The number of halogens is 1. The molecule has 0 fully saturated rings. The first-order chi connectivity index (χ1) is 14.9. The zero-order chi connectivity index (χ0) is 23.8. The molecule has 0 aliphatic carbocycles. The summed E-state index contributed by atoms with van der Waals surface area (Å²) in [6.07, 6.45) is 1.68. The average Bonchev–Trinajstić information content (AvgIpc) is 3.10. The maximum Gasteiger partial charge on any atom is 0.359 e. The first-order valence-electron chi connectivity index (χ1n) is 11.1. The number of esters is 1. The summed E-state index contributed by atoms with van der Waals surface area (Å²) >= 11 is 0. The highest BCUT2D eigenvalue weighted by Gasteiger charge is 2.26. The summed E-state index contributed by atoms with van der Waals surface area (Å²) in [5.74, 6) is -0.0594. The Morgan fingerprint density at radius 3 is 2.12 bits per heavy atom. The Balaban J connectivity index is 2.34. The lowest BCUT2D eigenvalue weighted by Gasteiger charge is -2.22. The molecule has 0 bridgehead atoms. The van der Waals surface area contributed by atoms with Gasteiger partial charge >= 0.3 is 5.97 Å². The highest BCUT2D eigenvalue weighted by molar-refractivity contribution is 5.88. The van der Waals surface area contributed by atoms with E-state index >= 15 is 4.39 Å². The zero-order valence-corrected chi connectivity index (χ0v) is 20.3. The second kappa shape index (κ2) is 8.89. The van der Waals surface area contributed by atoms with Gasteiger partial charge in [0.25, 0.3) is 0 Å². The monoisotopic (exact) mass is 436 g/mol. The van der Waals surface area contributed by atoms with Crippen molar-refractivity contribution in [3.63, 3.8) is 0 Å². The van der Waals surface area contributed by atoms with Crippen molar-refractivity contribution in [1.82, 2.24) is 9.55 Å². The molecule has 0 radical (unpaired) electrons. The van der Waals surface area contributed by atoms with Gasteiger partial charge in [0.1, 0.15) is 17.2 Å². The fourth-order valence-electron chi connectivity index (χ4n) is 3.76.